The summed E-state index contributed by atoms with van der Waals surface area (Å²) in [5.41, 5.74) is 1.86. The van der Waals surface area contributed by atoms with Gasteiger partial charge < -0.3 is 9.11 Å². The second kappa shape index (κ2) is 15.1. The fraction of sp³-hybridized carbons (Fsp3) is 0.152. The number of benzene rings is 4. The second-order valence-corrected chi connectivity index (χ2v) is 18.5. The fourth-order valence-corrected chi connectivity index (χ4v) is 12.5. The zero-order valence-electron chi connectivity index (χ0n) is 23.4. The molecule has 0 amide bonds. The van der Waals surface area contributed by atoms with E-state index in [1.807, 2.05) is 21.0 Å². The van der Waals surface area contributed by atoms with Crippen molar-refractivity contribution >= 4 is 20.2 Å². The monoisotopic (exact) mass is 840 g/mol. The molecule has 10 heteroatoms. The minimum Gasteiger partial charge on any atom is -0.744 e. The Kier molecular flexibility index (Phi) is 11.8. The number of allylic oxidation sites excluding steroid dienone is 4. The number of hydrogen-bond acceptors (Lipinski definition) is 6. The molecular formula is C33H30I2O6S2. The lowest BCUT2D eigenvalue weighted by molar-refractivity contribution is -0.622. The van der Waals surface area contributed by atoms with E-state index in [2.05, 4.69) is 72.8 Å². The molecule has 0 saturated carbocycles. The van der Waals surface area contributed by atoms with Crippen LogP contribution >= 0.6 is 0 Å². The summed E-state index contributed by atoms with van der Waals surface area (Å²) >= 11 is 0.0488. The van der Waals surface area contributed by atoms with Gasteiger partial charge in [-0.15, -0.1) is 0 Å². The Morgan fingerprint density at radius 2 is 0.860 bits per heavy atom. The molecule has 4 aromatic rings. The Morgan fingerprint density at radius 3 is 1.16 bits per heavy atom. The topological polar surface area (TPSA) is 114 Å². The molecule has 6 rings (SSSR count). The van der Waals surface area contributed by atoms with Crippen LogP contribution in [0.2, 0.25) is 0 Å². The van der Waals surface area contributed by atoms with E-state index in [0.717, 1.165) is 23.0 Å². The van der Waals surface area contributed by atoms with Gasteiger partial charge in [-0.1, -0.05) is 83.9 Å². The molecule has 0 saturated heterocycles. The maximum absolute atomic E-state index is 10.4. The van der Waals surface area contributed by atoms with E-state index in [4.69, 9.17) is 0 Å². The average Bonchev–Trinajstić information content (AvgIpc) is 3.57. The van der Waals surface area contributed by atoms with Crippen molar-refractivity contribution in [1.82, 2.24) is 0 Å². The highest BCUT2D eigenvalue weighted by atomic mass is 127. The van der Waals surface area contributed by atoms with E-state index in [-0.39, 0.29) is 52.2 Å². The van der Waals surface area contributed by atoms with Gasteiger partial charge in [0.1, 0.15) is 20.2 Å². The van der Waals surface area contributed by atoms with Crippen LogP contribution in [0.4, 0.5) is 0 Å². The van der Waals surface area contributed by atoms with Gasteiger partial charge in [-0.2, -0.15) is 0 Å². The molecule has 4 aromatic carbocycles. The molecule has 0 heterocycles. The molecule has 2 atom stereocenters. The molecule has 2 aliphatic rings. The van der Waals surface area contributed by atoms with E-state index in [1.165, 1.54) is 30.7 Å². The van der Waals surface area contributed by atoms with Gasteiger partial charge in [-0.05, 0) is 68.8 Å². The molecule has 224 valence electrons. The molecular weight excluding hydrogens is 810 g/mol. The van der Waals surface area contributed by atoms with Crippen LogP contribution in [0.5, 0.6) is 0 Å². The zero-order chi connectivity index (χ0) is 31.0. The zero-order valence-corrected chi connectivity index (χ0v) is 29.4. The quantitative estimate of drug-likeness (QED) is 0.155. The molecule has 0 aromatic heterocycles. The predicted molar refractivity (Wildman–Crippen MR) is 156 cm³/mol. The van der Waals surface area contributed by atoms with Gasteiger partial charge in [-0.25, -0.2) is 16.8 Å². The molecule has 6 nitrogen and oxygen atoms in total. The number of halogens is 2. The molecule has 0 aliphatic heterocycles. The van der Waals surface area contributed by atoms with Crippen molar-refractivity contribution < 1.29 is 68.4 Å². The maximum Gasteiger partial charge on any atom is 0.358 e. The summed E-state index contributed by atoms with van der Waals surface area (Å²) in [5.74, 6) is 1.53. The Bertz CT molecular complexity index is 1650. The molecule has 2 aliphatic carbocycles. The van der Waals surface area contributed by atoms with Crippen molar-refractivity contribution in [3.05, 3.63) is 147 Å². The standard InChI is InChI=1S/C19H16I2.2C7H8O3S/c1-3-7-16(8-4-1)20-18-14-11-12-15(13-14)19(18)21-17-9-5-2-6-10-17;2*1-6-2-4-7(5-3-6)11(8,9)10/h1-12,14-15H,13H2;2*2-5H,1H3,(H,8,9,10)/q+2;;/p-2. The van der Waals surface area contributed by atoms with Gasteiger partial charge in [0.15, 0.2) is 7.14 Å². The van der Waals surface area contributed by atoms with E-state index in [1.54, 1.807) is 31.4 Å². The lowest BCUT2D eigenvalue weighted by atomic mass is 10.2. The smallest absolute Gasteiger partial charge is 0.358 e. The van der Waals surface area contributed by atoms with Crippen LogP contribution in [-0.4, -0.2) is 25.9 Å². The SMILES string of the molecule is C1=CC2CC1C([I+]c1ccccc1)=C2[I+]c1ccccc1.Cc1ccc(S(=O)(=O)[O-])cc1.Cc1ccc(S(=O)(=O)[O-])cc1. The largest absolute Gasteiger partial charge is 0.744 e. The van der Waals surface area contributed by atoms with Crippen LogP contribution in [0.1, 0.15) is 17.5 Å². The van der Waals surface area contributed by atoms with Crippen molar-refractivity contribution in [3.8, 4) is 0 Å². The van der Waals surface area contributed by atoms with Gasteiger partial charge in [0, 0.05) is 0 Å². The van der Waals surface area contributed by atoms with Crippen LogP contribution in [0, 0.1) is 32.8 Å². The molecule has 2 unspecified atom stereocenters. The first-order valence-electron chi connectivity index (χ1n) is 13.3. The Hall–Kier alpha value is -2.36. The third-order valence-corrected chi connectivity index (χ3v) is 15.8. The minimum absolute atomic E-state index is 0.0244. The molecule has 43 heavy (non-hydrogen) atoms. The first kappa shape index (κ1) is 33.5. The summed E-state index contributed by atoms with van der Waals surface area (Å²) in [6.45, 7) is 3.64. The van der Waals surface area contributed by atoms with E-state index >= 15 is 0 Å². The maximum atomic E-state index is 10.4. The number of fused-ring (bicyclic) bond motifs is 2. The molecule has 0 N–H and O–H groups in total. The molecule has 2 bridgehead atoms. The van der Waals surface area contributed by atoms with Gasteiger partial charge in [-0.3, -0.25) is 0 Å². The summed E-state index contributed by atoms with van der Waals surface area (Å²) in [6, 6.07) is 33.8. The first-order valence-corrected chi connectivity index (χ1v) is 20.4. The third kappa shape index (κ3) is 10.1. The third-order valence-electron chi connectivity index (χ3n) is 6.47. The number of aryl methyl sites for hydroxylation is 2. The second-order valence-electron chi connectivity index (χ2n) is 9.84. The lowest BCUT2D eigenvalue weighted by Crippen LogP contribution is -3.66. The minimum atomic E-state index is -4.27. The Balaban J connectivity index is 0.000000164. The van der Waals surface area contributed by atoms with Crippen LogP contribution in [0.15, 0.2) is 138 Å². The van der Waals surface area contributed by atoms with E-state index in [9.17, 15) is 25.9 Å². The van der Waals surface area contributed by atoms with Gasteiger partial charge in [0.05, 0.1) is 21.6 Å². The highest BCUT2D eigenvalue weighted by Crippen LogP contribution is 2.36. The van der Waals surface area contributed by atoms with Crippen molar-refractivity contribution in [2.24, 2.45) is 11.8 Å². The van der Waals surface area contributed by atoms with Crippen molar-refractivity contribution in [2.75, 3.05) is 0 Å². The van der Waals surface area contributed by atoms with Crippen LogP contribution in [0.25, 0.3) is 0 Å². The summed E-state index contributed by atoms with van der Waals surface area (Å²) in [4.78, 5) is -0.355. The molecule has 0 fully saturated rings. The fourth-order valence-electron chi connectivity index (χ4n) is 4.26. The van der Waals surface area contributed by atoms with Gasteiger partial charge >= 0.3 is 42.4 Å². The van der Waals surface area contributed by atoms with Crippen LogP contribution in [0.3, 0.4) is 0 Å². The van der Waals surface area contributed by atoms with E-state index in [0.29, 0.717) is 0 Å². The van der Waals surface area contributed by atoms with Crippen molar-refractivity contribution in [2.45, 2.75) is 30.1 Å². The summed E-state index contributed by atoms with van der Waals surface area (Å²) < 4.78 is 69.1. The predicted octanol–water partition coefficient (Wildman–Crippen LogP) is 0.120. The summed E-state index contributed by atoms with van der Waals surface area (Å²) in [7, 11) is -8.54. The molecule has 0 radical (unpaired) electrons. The molecule has 0 spiro atoms. The number of rotatable bonds is 6. The average molecular weight is 841 g/mol. The highest BCUT2D eigenvalue weighted by Gasteiger charge is 2.50. The summed E-state index contributed by atoms with van der Waals surface area (Å²) in [5, 5.41) is 0. The van der Waals surface area contributed by atoms with Crippen molar-refractivity contribution in [3.63, 3.8) is 0 Å². The van der Waals surface area contributed by atoms with Crippen LogP contribution < -0.4 is 42.4 Å². The van der Waals surface area contributed by atoms with Crippen LogP contribution in [-0.2, 0) is 20.2 Å². The highest BCUT2D eigenvalue weighted by molar-refractivity contribution is 7.86. The van der Waals surface area contributed by atoms with Crippen molar-refractivity contribution in [1.29, 1.82) is 0 Å². The summed E-state index contributed by atoms with van der Waals surface area (Å²) in [6.07, 6.45) is 6.31. The number of hydrogen-bond donors (Lipinski definition) is 0. The Morgan fingerprint density at radius 1 is 0.535 bits per heavy atom. The Labute approximate surface area is 275 Å². The van der Waals surface area contributed by atoms with Gasteiger partial charge in [0.2, 0.25) is 7.16 Å². The van der Waals surface area contributed by atoms with Gasteiger partial charge in [0.25, 0.3) is 0 Å². The van der Waals surface area contributed by atoms with E-state index < -0.39 is 20.2 Å². The normalized spacial score (nSPS) is 17.1. The lowest BCUT2D eigenvalue weighted by Gasteiger charge is -2.05. The first-order chi connectivity index (χ1) is 20.4.